The molecule has 6 nitrogen and oxygen atoms in total. The van der Waals surface area contributed by atoms with Crippen LogP contribution in [0, 0.1) is 5.92 Å². The number of aryl methyl sites for hydroxylation is 1. The van der Waals surface area contributed by atoms with Crippen LogP contribution in [0.5, 0.6) is 0 Å². The molecule has 2 aromatic heterocycles. The highest BCUT2D eigenvalue weighted by molar-refractivity contribution is 7.13. The fourth-order valence-electron chi connectivity index (χ4n) is 3.98. The quantitative estimate of drug-likeness (QED) is 0.857. The maximum atomic E-state index is 6.04. The largest absolute Gasteiger partial charge is 0.372 e. The number of thiazole rings is 1. The van der Waals surface area contributed by atoms with E-state index in [2.05, 4.69) is 43.4 Å². The van der Waals surface area contributed by atoms with Crippen LogP contribution in [0.2, 0.25) is 0 Å². The summed E-state index contributed by atoms with van der Waals surface area (Å²) in [5.41, 5.74) is 1.23. The van der Waals surface area contributed by atoms with Crippen LogP contribution in [0.1, 0.15) is 38.0 Å². The third-order valence-corrected chi connectivity index (χ3v) is 6.24. The van der Waals surface area contributed by atoms with Gasteiger partial charge >= 0.3 is 0 Å². The van der Waals surface area contributed by atoms with E-state index in [9.17, 15) is 0 Å². The number of ether oxygens (including phenoxy) is 1. The van der Waals surface area contributed by atoms with Crippen molar-refractivity contribution in [2.75, 3.05) is 31.1 Å². The van der Waals surface area contributed by atoms with Crippen molar-refractivity contribution in [2.45, 2.75) is 44.9 Å². The van der Waals surface area contributed by atoms with Crippen LogP contribution in [0.15, 0.2) is 23.8 Å². The average Bonchev–Trinajstić information content (AvgIpc) is 3.41. The molecule has 2 atom stereocenters. The zero-order chi connectivity index (χ0) is 17.1. The van der Waals surface area contributed by atoms with Gasteiger partial charge in [-0.3, -0.25) is 4.68 Å². The Morgan fingerprint density at radius 3 is 2.92 bits per heavy atom. The molecule has 7 heteroatoms. The monoisotopic (exact) mass is 361 g/mol. The van der Waals surface area contributed by atoms with E-state index in [1.54, 1.807) is 11.3 Å². The highest BCUT2D eigenvalue weighted by Gasteiger charge is 2.32. The fourth-order valence-corrected chi connectivity index (χ4v) is 4.68. The van der Waals surface area contributed by atoms with Gasteiger partial charge in [-0.1, -0.05) is 0 Å². The van der Waals surface area contributed by atoms with Gasteiger partial charge in [-0.2, -0.15) is 5.10 Å². The number of nitrogens with zero attached hydrogens (tertiary/aromatic N) is 4. The summed E-state index contributed by atoms with van der Waals surface area (Å²) in [5.74, 6) is 0.541. The maximum absolute atomic E-state index is 6.04. The van der Waals surface area contributed by atoms with Crippen molar-refractivity contribution in [3.05, 3.63) is 29.5 Å². The molecule has 136 valence electrons. The molecule has 2 aromatic rings. The Labute approximate surface area is 153 Å². The van der Waals surface area contributed by atoms with Crippen LogP contribution >= 0.6 is 11.3 Å². The molecular weight excluding hydrogens is 334 g/mol. The summed E-state index contributed by atoms with van der Waals surface area (Å²) >= 11 is 1.74. The molecule has 0 aliphatic carbocycles. The first-order chi connectivity index (χ1) is 12.3. The Kier molecular flexibility index (Phi) is 5.33. The van der Waals surface area contributed by atoms with Crippen molar-refractivity contribution in [1.29, 1.82) is 0 Å². The van der Waals surface area contributed by atoms with Gasteiger partial charge in [0.1, 0.15) is 6.10 Å². The molecule has 0 bridgehead atoms. The van der Waals surface area contributed by atoms with Gasteiger partial charge in [0.05, 0.1) is 5.69 Å². The molecule has 2 aliphatic rings. The van der Waals surface area contributed by atoms with Crippen LogP contribution < -0.4 is 10.2 Å². The third kappa shape index (κ3) is 3.73. The lowest BCUT2D eigenvalue weighted by Gasteiger charge is -2.33. The SMILES string of the molecule is CCn1nccc1[C@@H]1OCC[C@H]1CNC1CCN(c2nccs2)CC1. The van der Waals surface area contributed by atoms with E-state index in [-0.39, 0.29) is 6.10 Å². The summed E-state index contributed by atoms with van der Waals surface area (Å²) in [4.78, 5) is 6.83. The predicted octanol–water partition coefficient (Wildman–Crippen LogP) is 2.70. The van der Waals surface area contributed by atoms with E-state index in [1.165, 1.54) is 18.5 Å². The summed E-state index contributed by atoms with van der Waals surface area (Å²) < 4.78 is 8.11. The minimum absolute atomic E-state index is 0.186. The lowest BCUT2D eigenvalue weighted by atomic mass is 9.97. The van der Waals surface area contributed by atoms with Gasteiger partial charge < -0.3 is 15.0 Å². The number of hydrogen-bond acceptors (Lipinski definition) is 6. The van der Waals surface area contributed by atoms with Crippen molar-refractivity contribution in [3.63, 3.8) is 0 Å². The summed E-state index contributed by atoms with van der Waals surface area (Å²) in [6, 6.07) is 2.72. The number of hydrogen-bond donors (Lipinski definition) is 1. The topological polar surface area (TPSA) is 55.2 Å². The van der Waals surface area contributed by atoms with E-state index in [0.29, 0.717) is 12.0 Å². The molecule has 0 unspecified atom stereocenters. The average molecular weight is 362 g/mol. The van der Waals surface area contributed by atoms with Crippen molar-refractivity contribution < 1.29 is 4.74 Å². The van der Waals surface area contributed by atoms with Gasteiger partial charge in [-0.25, -0.2) is 4.98 Å². The molecular formula is C18H27N5OS. The van der Waals surface area contributed by atoms with E-state index in [1.807, 2.05) is 12.4 Å². The molecule has 2 saturated heterocycles. The van der Waals surface area contributed by atoms with Crippen LogP contribution in [0.25, 0.3) is 0 Å². The highest BCUT2D eigenvalue weighted by Crippen LogP contribution is 2.34. The van der Waals surface area contributed by atoms with Gasteiger partial charge in [0.2, 0.25) is 0 Å². The molecule has 4 heterocycles. The standard InChI is InChI=1S/C18H27N5OS/c1-2-23-16(3-7-21-23)17-14(6-11-24-17)13-20-15-4-9-22(10-5-15)18-19-8-12-25-18/h3,7-8,12,14-15,17,20H,2,4-6,9-11,13H2,1H3/t14-,17+/m0/s1. The van der Waals surface area contributed by atoms with Crippen molar-refractivity contribution >= 4 is 16.5 Å². The molecule has 25 heavy (non-hydrogen) atoms. The number of anilines is 1. The molecule has 1 N–H and O–H groups in total. The second-order valence-electron chi connectivity index (χ2n) is 6.90. The number of piperidine rings is 1. The molecule has 0 radical (unpaired) electrons. The van der Waals surface area contributed by atoms with Crippen LogP contribution in [-0.2, 0) is 11.3 Å². The van der Waals surface area contributed by atoms with Crippen molar-refractivity contribution in [3.8, 4) is 0 Å². The second kappa shape index (κ2) is 7.85. The van der Waals surface area contributed by atoms with Gasteiger partial charge in [0.25, 0.3) is 0 Å². The Morgan fingerprint density at radius 1 is 1.28 bits per heavy atom. The molecule has 0 amide bonds. The second-order valence-corrected chi connectivity index (χ2v) is 7.77. The first kappa shape index (κ1) is 17.0. The van der Waals surface area contributed by atoms with E-state index in [4.69, 9.17) is 4.74 Å². The Hall–Kier alpha value is -1.44. The Bertz CT molecular complexity index is 650. The lowest BCUT2D eigenvalue weighted by Crippen LogP contribution is -2.44. The summed E-state index contributed by atoms with van der Waals surface area (Å²) in [6.07, 6.45) is 7.47. The predicted molar refractivity (Wildman–Crippen MR) is 100 cm³/mol. The van der Waals surface area contributed by atoms with Gasteiger partial charge in [-0.05, 0) is 32.3 Å². The van der Waals surface area contributed by atoms with Crippen LogP contribution in [0.4, 0.5) is 5.13 Å². The van der Waals surface area contributed by atoms with Crippen LogP contribution in [0.3, 0.4) is 0 Å². The summed E-state index contributed by atoms with van der Waals surface area (Å²) in [7, 11) is 0. The molecule has 0 spiro atoms. The highest BCUT2D eigenvalue weighted by atomic mass is 32.1. The van der Waals surface area contributed by atoms with E-state index in [0.717, 1.165) is 44.3 Å². The minimum atomic E-state index is 0.186. The summed E-state index contributed by atoms with van der Waals surface area (Å²) in [6.45, 7) is 7.11. The van der Waals surface area contributed by atoms with Gasteiger partial charge in [0, 0.05) is 62.5 Å². The maximum Gasteiger partial charge on any atom is 0.185 e. The molecule has 2 fully saturated rings. The van der Waals surface area contributed by atoms with E-state index < -0.39 is 0 Å². The van der Waals surface area contributed by atoms with E-state index >= 15 is 0 Å². The number of nitrogens with one attached hydrogen (secondary N) is 1. The molecule has 0 aromatic carbocycles. The van der Waals surface area contributed by atoms with Crippen molar-refractivity contribution in [2.24, 2.45) is 5.92 Å². The number of aromatic nitrogens is 3. The Morgan fingerprint density at radius 2 is 2.16 bits per heavy atom. The fraction of sp³-hybridized carbons (Fsp3) is 0.667. The zero-order valence-corrected chi connectivity index (χ0v) is 15.6. The number of rotatable bonds is 6. The Balaban J connectivity index is 1.28. The third-order valence-electron chi connectivity index (χ3n) is 5.41. The molecule has 0 saturated carbocycles. The first-order valence-corrected chi connectivity index (χ1v) is 10.2. The smallest absolute Gasteiger partial charge is 0.185 e. The summed E-state index contributed by atoms with van der Waals surface area (Å²) in [5, 5.41) is 11.4. The minimum Gasteiger partial charge on any atom is -0.372 e. The normalized spacial score (nSPS) is 24.9. The zero-order valence-electron chi connectivity index (χ0n) is 14.8. The van der Waals surface area contributed by atoms with Gasteiger partial charge in [-0.15, -0.1) is 11.3 Å². The molecule has 4 rings (SSSR count). The van der Waals surface area contributed by atoms with Crippen LogP contribution in [-0.4, -0.2) is 47.0 Å². The van der Waals surface area contributed by atoms with Crippen molar-refractivity contribution in [1.82, 2.24) is 20.1 Å². The first-order valence-electron chi connectivity index (χ1n) is 9.36. The molecule has 2 aliphatic heterocycles. The lowest BCUT2D eigenvalue weighted by molar-refractivity contribution is 0.0821. The van der Waals surface area contributed by atoms with Gasteiger partial charge in [0.15, 0.2) is 5.13 Å².